The predicted molar refractivity (Wildman–Crippen MR) is 72.9 cm³/mol. The Balaban J connectivity index is 2.08. The van der Waals surface area contributed by atoms with Crippen molar-refractivity contribution in [3.8, 4) is 0 Å². The van der Waals surface area contributed by atoms with E-state index in [9.17, 15) is 4.79 Å². The van der Waals surface area contributed by atoms with Gasteiger partial charge in [0.15, 0.2) is 0 Å². The van der Waals surface area contributed by atoms with Crippen LogP contribution in [0, 0.1) is 0 Å². The lowest BCUT2D eigenvalue weighted by Gasteiger charge is -2.02. The number of hydrogen-bond donors (Lipinski definition) is 1. The molecular formula is C13H13N3OS. The molecule has 2 aromatic rings. The molecule has 92 valence electrons. The van der Waals surface area contributed by atoms with E-state index in [-0.39, 0.29) is 5.91 Å². The van der Waals surface area contributed by atoms with Gasteiger partial charge in [-0.3, -0.25) is 9.78 Å². The van der Waals surface area contributed by atoms with Crippen LogP contribution in [0.15, 0.2) is 47.1 Å². The highest BCUT2D eigenvalue weighted by molar-refractivity contribution is 7.12. The van der Waals surface area contributed by atoms with Gasteiger partial charge >= 0.3 is 0 Å². The molecule has 0 atom stereocenters. The lowest BCUT2D eigenvalue weighted by Crippen LogP contribution is -2.19. The van der Waals surface area contributed by atoms with E-state index in [0.29, 0.717) is 5.56 Å². The van der Waals surface area contributed by atoms with Crippen LogP contribution >= 0.6 is 11.3 Å². The normalized spacial score (nSPS) is 11.3. The van der Waals surface area contributed by atoms with Gasteiger partial charge in [0.1, 0.15) is 0 Å². The van der Waals surface area contributed by atoms with Crippen LogP contribution in [0.1, 0.15) is 28.6 Å². The fourth-order valence-electron chi connectivity index (χ4n) is 1.43. The summed E-state index contributed by atoms with van der Waals surface area (Å²) in [6.45, 7) is 2.01. The fraction of sp³-hybridized carbons (Fsp3) is 0.154. The number of carbonyl (C=O) groups excluding carboxylic acids is 1. The SMILES string of the molecule is CCC(=NNC(=O)c1cccnc1)c1cccs1. The van der Waals surface area contributed by atoms with Gasteiger partial charge in [0.25, 0.3) is 5.91 Å². The van der Waals surface area contributed by atoms with E-state index in [2.05, 4.69) is 15.5 Å². The zero-order chi connectivity index (χ0) is 12.8. The number of carbonyl (C=O) groups is 1. The molecule has 0 fully saturated rings. The lowest BCUT2D eigenvalue weighted by molar-refractivity contribution is 0.0954. The van der Waals surface area contributed by atoms with Gasteiger partial charge in [-0.2, -0.15) is 5.10 Å². The maximum Gasteiger partial charge on any atom is 0.272 e. The Hall–Kier alpha value is -2.01. The Morgan fingerprint density at radius 2 is 2.33 bits per heavy atom. The van der Waals surface area contributed by atoms with E-state index in [1.54, 1.807) is 29.7 Å². The van der Waals surface area contributed by atoms with Crippen LogP contribution in [0.25, 0.3) is 0 Å². The first kappa shape index (κ1) is 12.4. The first-order valence-corrected chi connectivity index (χ1v) is 6.50. The molecule has 0 saturated carbocycles. The summed E-state index contributed by atoms with van der Waals surface area (Å²) in [6.07, 6.45) is 3.92. The minimum Gasteiger partial charge on any atom is -0.267 e. The number of hydrogen-bond acceptors (Lipinski definition) is 4. The van der Waals surface area contributed by atoms with E-state index < -0.39 is 0 Å². The topological polar surface area (TPSA) is 54.4 Å². The van der Waals surface area contributed by atoms with E-state index >= 15 is 0 Å². The number of amides is 1. The molecule has 0 radical (unpaired) electrons. The second kappa shape index (κ2) is 6.07. The number of rotatable bonds is 4. The zero-order valence-electron chi connectivity index (χ0n) is 9.96. The molecule has 0 spiro atoms. The lowest BCUT2D eigenvalue weighted by atomic mass is 10.2. The van der Waals surface area contributed by atoms with Gasteiger partial charge in [-0.25, -0.2) is 5.43 Å². The number of nitrogens with zero attached hydrogens (tertiary/aromatic N) is 2. The number of thiophene rings is 1. The molecule has 0 bridgehead atoms. The molecule has 0 saturated heterocycles. The maximum absolute atomic E-state index is 11.8. The first-order valence-electron chi connectivity index (χ1n) is 5.62. The van der Waals surface area contributed by atoms with Gasteiger partial charge in [-0.05, 0) is 30.0 Å². The minimum atomic E-state index is -0.245. The molecule has 2 heterocycles. The molecule has 2 rings (SSSR count). The average molecular weight is 259 g/mol. The molecule has 1 N–H and O–H groups in total. The smallest absolute Gasteiger partial charge is 0.267 e. The van der Waals surface area contributed by atoms with Crippen LogP contribution in [0.2, 0.25) is 0 Å². The molecule has 0 aliphatic heterocycles. The van der Waals surface area contributed by atoms with Crippen molar-refractivity contribution in [2.75, 3.05) is 0 Å². The van der Waals surface area contributed by atoms with E-state index in [1.165, 1.54) is 6.20 Å². The molecule has 0 aromatic carbocycles. The minimum absolute atomic E-state index is 0.245. The summed E-state index contributed by atoms with van der Waals surface area (Å²) >= 11 is 1.61. The highest BCUT2D eigenvalue weighted by atomic mass is 32.1. The van der Waals surface area contributed by atoms with E-state index in [4.69, 9.17) is 0 Å². The molecule has 4 nitrogen and oxygen atoms in total. The van der Waals surface area contributed by atoms with Crippen molar-refractivity contribution >= 4 is 23.0 Å². The predicted octanol–water partition coefficient (Wildman–Crippen LogP) is 2.69. The largest absolute Gasteiger partial charge is 0.272 e. The van der Waals surface area contributed by atoms with Crippen molar-refractivity contribution < 1.29 is 4.79 Å². The van der Waals surface area contributed by atoms with Crippen LogP contribution in [0.3, 0.4) is 0 Å². The third-order valence-electron chi connectivity index (χ3n) is 2.36. The van der Waals surface area contributed by atoms with Crippen molar-refractivity contribution in [2.45, 2.75) is 13.3 Å². The van der Waals surface area contributed by atoms with E-state index in [0.717, 1.165) is 17.0 Å². The molecule has 2 aromatic heterocycles. The van der Waals surface area contributed by atoms with Crippen molar-refractivity contribution in [3.05, 3.63) is 52.5 Å². The van der Waals surface area contributed by atoms with Crippen LogP contribution in [-0.4, -0.2) is 16.6 Å². The highest BCUT2D eigenvalue weighted by Gasteiger charge is 2.06. The van der Waals surface area contributed by atoms with Crippen molar-refractivity contribution in [1.82, 2.24) is 10.4 Å². The molecule has 0 unspecified atom stereocenters. The number of nitrogens with one attached hydrogen (secondary N) is 1. The Labute approximate surface area is 109 Å². The number of hydrazone groups is 1. The molecule has 0 aliphatic rings. The second-order valence-corrected chi connectivity index (χ2v) is 4.52. The Morgan fingerprint density at radius 1 is 1.44 bits per heavy atom. The average Bonchev–Trinajstić information content (AvgIpc) is 2.94. The summed E-state index contributed by atoms with van der Waals surface area (Å²) in [4.78, 5) is 16.7. The molecule has 0 aliphatic carbocycles. The van der Waals surface area contributed by atoms with Gasteiger partial charge in [-0.15, -0.1) is 11.3 Å². The van der Waals surface area contributed by atoms with Gasteiger partial charge in [-0.1, -0.05) is 13.0 Å². The molecule has 1 amide bonds. The highest BCUT2D eigenvalue weighted by Crippen LogP contribution is 2.11. The Kier molecular flexibility index (Phi) is 4.20. The van der Waals surface area contributed by atoms with Gasteiger partial charge in [0.05, 0.1) is 16.2 Å². The first-order chi connectivity index (χ1) is 8.81. The van der Waals surface area contributed by atoms with Crippen LogP contribution in [-0.2, 0) is 0 Å². The Bertz CT molecular complexity index is 535. The van der Waals surface area contributed by atoms with Gasteiger partial charge < -0.3 is 0 Å². The van der Waals surface area contributed by atoms with E-state index in [1.807, 2.05) is 24.4 Å². The quantitative estimate of drug-likeness (QED) is 0.678. The van der Waals surface area contributed by atoms with Crippen LogP contribution in [0.4, 0.5) is 0 Å². The third-order valence-corrected chi connectivity index (χ3v) is 3.28. The summed E-state index contributed by atoms with van der Waals surface area (Å²) < 4.78 is 0. The molecule has 5 heteroatoms. The summed E-state index contributed by atoms with van der Waals surface area (Å²) in [7, 11) is 0. The Morgan fingerprint density at radius 3 is 2.94 bits per heavy atom. The molecule has 18 heavy (non-hydrogen) atoms. The summed E-state index contributed by atoms with van der Waals surface area (Å²) in [6, 6.07) is 7.38. The summed E-state index contributed by atoms with van der Waals surface area (Å²) in [5, 5.41) is 6.15. The van der Waals surface area contributed by atoms with Gasteiger partial charge in [0.2, 0.25) is 0 Å². The monoisotopic (exact) mass is 259 g/mol. The van der Waals surface area contributed by atoms with Crippen molar-refractivity contribution in [1.29, 1.82) is 0 Å². The summed E-state index contributed by atoms with van der Waals surface area (Å²) in [5.41, 5.74) is 3.93. The van der Waals surface area contributed by atoms with Gasteiger partial charge in [0, 0.05) is 12.4 Å². The number of aromatic nitrogens is 1. The zero-order valence-corrected chi connectivity index (χ0v) is 10.8. The van der Waals surface area contributed by atoms with Crippen molar-refractivity contribution in [2.24, 2.45) is 5.10 Å². The van der Waals surface area contributed by atoms with Crippen molar-refractivity contribution in [3.63, 3.8) is 0 Å². The second-order valence-electron chi connectivity index (χ2n) is 3.57. The summed E-state index contributed by atoms with van der Waals surface area (Å²) in [5.74, 6) is -0.245. The third kappa shape index (κ3) is 3.01. The maximum atomic E-state index is 11.8. The van der Waals surface area contributed by atoms with Crippen LogP contribution in [0.5, 0.6) is 0 Å². The number of pyridine rings is 1. The standard InChI is InChI=1S/C13H13N3OS/c1-2-11(12-6-4-8-18-12)15-16-13(17)10-5-3-7-14-9-10/h3-9H,2H2,1H3,(H,16,17). The molecular weight excluding hydrogens is 246 g/mol. The van der Waals surface area contributed by atoms with Crippen LogP contribution < -0.4 is 5.43 Å². The fourth-order valence-corrected chi connectivity index (χ4v) is 2.22.